The average Bonchev–Trinajstić information content (AvgIpc) is 3.10. The first-order valence-electron chi connectivity index (χ1n) is 11.2. The van der Waals surface area contributed by atoms with E-state index < -0.39 is 34.7 Å². The van der Waals surface area contributed by atoms with Gasteiger partial charge in [-0.1, -0.05) is 31.7 Å². The third-order valence-electron chi connectivity index (χ3n) is 6.55. The van der Waals surface area contributed by atoms with E-state index in [4.69, 9.17) is 4.74 Å². The highest BCUT2D eigenvalue weighted by Crippen LogP contribution is 2.37. The molecule has 1 fully saturated rings. The number of aryl methyl sites for hydroxylation is 1. The Morgan fingerprint density at radius 3 is 2.59 bits per heavy atom. The van der Waals surface area contributed by atoms with Crippen molar-refractivity contribution in [2.24, 2.45) is 12.5 Å². The molecule has 0 radical (unpaired) electrons. The third-order valence-corrected chi connectivity index (χ3v) is 6.55. The maximum absolute atomic E-state index is 13.5. The average molecular weight is 465 g/mol. The number of hydrogen-bond donors (Lipinski definition) is 0. The van der Waals surface area contributed by atoms with Gasteiger partial charge >= 0.3 is 11.7 Å². The number of hydrogen-bond acceptors (Lipinski definition) is 5. The van der Waals surface area contributed by atoms with E-state index in [2.05, 4.69) is 11.4 Å². The second-order valence-corrected chi connectivity index (χ2v) is 8.21. The zero-order valence-electron chi connectivity index (χ0n) is 19.7. The van der Waals surface area contributed by atoms with Gasteiger partial charge in [-0.15, -0.1) is 0 Å². The molecular weight excluding hydrogens is 436 g/mol. The summed E-state index contributed by atoms with van der Waals surface area (Å²) in [6.45, 7) is 7.17. The molecule has 0 saturated carbocycles. The van der Waals surface area contributed by atoms with Crippen LogP contribution >= 0.6 is 0 Å². The van der Waals surface area contributed by atoms with Crippen LogP contribution in [0.4, 0.5) is 0 Å². The lowest BCUT2D eigenvalue weighted by atomic mass is 9.71. The van der Waals surface area contributed by atoms with Gasteiger partial charge in [-0.3, -0.25) is 19.3 Å². The predicted molar refractivity (Wildman–Crippen MR) is 126 cm³/mol. The van der Waals surface area contributed by atoms with Crippen LogP contribution in [0.25, 0.3) is 22.5 Å². The first-order valence-corrected chi connectivity index (χ1v) is 11.2. The molecule has 1 atom stereocenters. The second kappa shape index (κ2) is 9.97. The quantitative estimate of drug-likeness (QED) is 0.195. The molecule has 1 aromatic carbocycles. The molecule has 1 unspecified atom stereocenters. The van der Waals surface area contributed by atoms with E-state index in [9.17, 15) is 24.7 Å². The summed E-state index contributed by atoms with van der Waals surface area (Å²) < 4.78 is 6.74. The molecule has 0 bridgehead atoms. The van der Waals surface area contributed by atoms with Crippen LogP contribution < -0.4 is 0 Å². The Labute approximate surface area is 197 Å². The van der Waals surface area contributed by atoms with Crippen molar-refractivity contribution in [2.75, 3.05) is 13.2 Å². The molecule has 0 spiro atoms. The van der Waals surface area contributed by atoms with Gasteiger partial charge in [-0.25, -0.2) is 4.79 Å². The fraction of sp³-hybridized carbons (Fsp3) is 0.400. The Hall–Kier alpha value is -3.84. The molecule has 2 amide bonds. The molecule has 9 heteroatoms. The predicted octanol–water partition coefficient (Wildman–Crippen LogP) is 2.71. The number of imide groups is 1. The highest BCUT2D eigenvalue weighted by Gasteiger charge is 2.55. The van der Waals surface area contributed by atoms with Gasteiger partial charge in [0.25, 0.3) is 5.78 Å². The number of esters is 1. The summed E-state index contributed by atoms with van der Waals surface area (Å²) in [4.78, 5) is 56.2. The number of carbonyl (C=O) groups excluding carboxylic acids is 4. The van der Waals surface area contributed by atoms with Crippen LogP contribution in [0, 0.1) is 5.41 Å². The molecule has 2 heterocycles. The van der Waals surface area contributed by atoms with Crippen LogP contribution in [0.3, 0.4) is 0 Å². The Kier molecular flexibility index (Phi) is 7.27. The molecule has 9 nitrogen and oxygen atoms in total. The van der Waals surface area contributed by atoms with E-state index in [1.54, 1.807) is 19.9 Å². The number of likely N-dealkylation sites (tertiary alicyclic amines) is 1. The number of aromatic nitrogens is 1. The number of amides is 2. The van der Waals surface area contributed by atoms with Crippen LogP contribution in [-0.2, 0) is 37.4 Å². The first-order chi connectivity index (χ1) is 16.3. The van der Waals surface area contributed by atoms with Crippen molar-refractivity contribution >= 4 is 46.3 Å². The van der Waals surface area contributed by atoms with Crippen LogP contribution in [-0.4, -0.2) is 56.7 Å². The Bertz CT molecular complexity index is 1240. The van der Waals surface area contributed by atoms with E-state index in [0.29, 0.717) is 6.42 Å². The van der Waals surface area contributed by atoms with E-state index in [1.807, 2.05) is 35.9 Å². The molecule has 178 valence electrons. The lowest BCUT2D eigenvalue weighted by Crippen LogP contribution is -2.57. The molecule has 0 aliphatic carbocycles. The van der Waals surface area contributed by atoms with E-state index in [0.717, 1.165) is 27.1 Å². The Balaban J connectivity index is 1.96. The van der Waals surface area contributed by atoms with Gasteiger partial charge in [0, 0.05) is 30.2 Å². The number of carbonyl (C=O) groups is 4. The van der Waals surface area contributed by atoms with Gasteiger partial charge in [0.1, 0.15) is 5.41 Å². The standard InChI is InChI=1S/C25H28N4O5/c1-5-18-17(16-11-8-9-12-19(16)28(18)4)15-20(30)29-14-10-13-25(6-2,24(29)33)22(31)21(27-26)23(32)34-7-3/h5,8-9,11-12H,1,6-7,10,13-15H2,2-4H3. The maximum Gasteiger partial charge on any atom is 0.442 e. The molecular formula is C25H28N4O5. The summed E-state index contributed by atoms with van der Waals surface area (Å²) in [6.07, 6.45) is 2.17. The van der Waals surface area contributed by atoms with Gasteiger partial charge < -0.3 is 14.8 Å². The SMILES string of the molecule is C=Cc1c(CC(=O)N2CCCC(CC)(C(=O)C(=[N+]=[N-])C(=O)OCC)C2=O)c2ccccc2n1C. The van der Waals surface area contributed by atoms with Crippen molar-refractivity contribution in [1.82, 2.24) is 9.47 Å². The number of nitrogens with zero attached hydrogens (tertiary/aromatic N) is 4. The smallest absolute Gasteiger partial charge is 0.442 e. The largest absolute Gasteiger partial charge is 0.457 e. The van der Waals surface area contributed by atoms with Crippen molar-refractivity contribution in [3.63, 3.8) is 0 Å². The van der Waals surface area contributed by atoms with Gasteiger partial charge in [-0.2, -0.15) is 4.79 Å². The number of para-hydroxylation sites is 1. The minimum Gasteiger partial charge on any atom is -0.457 e. The summed E-state index contributed by atoms with van der Waals surface area (Å²) in [5.41, 5.74) is 9.25. The van der Waals surface area contributed by atoms with Gasteiger partial charge in [-0.05, 0) is 43.9 Å². The number of ether oxygens (including phenoxy) is 1. The van der Waals surface area contributed by atoms with Gasteiger partial charge in [0.15, 0.2) is 0 Å². The van der Waals surface area contributed by atoms with Crippen molar-refractivity contribution in [3.05, 3.63) is 47.6 Å². The Morgan fingerprint density at radius 2 is 1.97 bits per heavy atom. The summed E-state index contributed by atoms with van der Waals surface area (Å²) in [7, 11) is 1.88. The Morgan fingerprint density at radius 1 is 1.26 bits per heavy atom. The fourth-order valence-electron chi connectivity index (χ4n) is 4.73. The van der Waals surface area contributed by atoms with Crippen LogP contribution in [0.1, 0.15) is 44.4 Å². The topological polar surface area (TPSA) is 122 Å². The normalized spacial score (nSPS) is 17.9. The fourth-order valence-corrected chi connectivity index (χ4v) is 4.73. The van der Waals surface area contributed by atoms with E-state index in [-0.39, 0.29) is 32.4 Å². The van der Waals surface area contributed by atoms with Crippen molar-refractivity contribution in [1.29, 1.82) is 0 Å². The van der Waals surface area contributed by atoms with E-state index >= 15 is 0 Å². The molecule has 0 N–H and O–H groups in total. The molecule has 1 saturated heterocycles. The highest BCUT2D eigenvalue weighted by molar-refractivity contribution is 6.64. The summed E-state index contributed by atoms with van der Waals surface area (Å²) in [5, 5.41) is 0.882. The minimum atomic E-state index is -1.68. The van der Waals surface area contributed by atoms with E-state index in [1.165, 1.54) is 0 Å². The summed E-state index contributed by atoms with van der Waals surface area (Å²) >= 11 is 0. The molecule has 1 aromatic heterocycles. The van der Waals surface area contributed by atoms with Crippen LogP contribution in [0.5, 0.6) is 0 Å². The molecule has 1 aliphatic rings. The van der Waals surface area contributed by atoms with Crippen molar-refractivity contribution in [2.45, 2.75) is 39.5 Å². The molecule has 1 aliphatic heterocycles. The number of Topliss-reactive ketones (excluding diaryl/α,β-unsaturated/α-hetero) is 1. The van der Waals surface area contributed by atoms with Crippen LogP contribution in [0.15, 0.2) is 30.8 Å². The summed E-state index contributed by atoms with van der Waals surface area (Å²) in [5.74, 6) is -3.18. The minimum absolute atomic E-state index is 0.0283. The number of piperidine rings is 1. The summed E-state index contributed by atoms with van der Waals surface area (Å²) in [6, 6.07) is 7.63. The first kappa shape index (κ1) is 24.8. The lowest BCUT2D eigenvalue weighted by molar-refractivity contribution is -0.159. The van der Waals surface area contributed by atoms with Crippen LogP contribution in [0.2, 0.25) is 0 Å². The number of benzene rings is 1. The number of ketones is 1. The van der Waals surface area contributed by atoms with Crippen molar-refractivity contribution < 1.29 is 28.7 Å². The number of fused-ring (bicyclic) bond motifs is 1. The van der Waals surface area contributed by atoms with Crippen molar-refractivity contribution in [3.8, 4) is 0 Å². The molecule has 34 heavy (non-hydrogen) atoms. The maximum atomic E-state index is 13.5. The molecule has 2 aromatic rings. The third kappa shape index (κ3) is 3.99. The van der Waals surface area contributed by atoms with Gasteiger partial charge in [0.2, 0.25) is 11.8 Å². The van der Waals surface area contributed by atoms with Gasteiger partial charge in [0.05, 0.1) is 13.0 Å². The number of rotatable bonds is 8. The highest BCUT2D eigenvalue weighted by atomic mass is 16.5. The lowest BCUT2D eigenvalue weighted by Gasteiger charge is -2.38. The zero-order chi connectivity index (χ0) is 25.0. The monoisotopic (exact) mass is 464 g/mol. The molecule has 3 rings (SSSR count). The zero-order valence-corrected chi connectivity index (χ0v) is 19.7. The second-order valence-electron chi connectivity index (χ2n) is 8.21.